The molecule has 2 aliphatic rings. The molecule has 0 spiro atoms. The second kappa shape index (κ2) is 4.87. The lowest BCUT2D eigenvalue weighted by Crippen LogP contribution is -2.30. The van der Waals surface area contributed by atoms with Crippen LogP contribution < -0.4 is 4.74 Å². The van der Waals surface area contributed by atoms with Gasteiger partial charge < -0.3 is 4.74 Å². The van der Waals surface area contributed by atoms with Gasteiger partial charge in [-0.15, -0.1) is 10.2 Å². The minimum atomic E-state index is 0.367. The number of benzene rings is 1. The number of thioether (sulfide) groups is 1. The first-order valence-corrected chi connectivity index (χ1v) is 8.06. The van der Waals surface area contributed by atoms with E-state index in [1.54, 1.807) is 18.9 Å². The maximum atomic E-state index is 5.50. The van der Waals surface area contributed by atoms with Gasteiger partial charge in [-0.05, 0) is 18.9 Å². The summed E-state index contributed by atoms with van der Waals surface area (Å²) in [5.74, 6) is 1.88. The van der Waals surface area contributed by atoms with Gasteiger partial charge in [0.1, 0.15) is 5.75 Å². The molecule has 2 heterocycles. The predicted molar refractivity (Wildman–Crippen MR) is 82.3 cm³/mol. The summed E-state index contributed by atoms with van der Waals surface area (Å²) in [4.78, 5) is 0. The smallest absolute Gasteiger partial charge is 0.212 e. The Morgan fingerprint density at radius 1 is 1.38 bits per heavy atom. The Kier molecular flexibility index (Phi) is 2.99. The summed E-state index contributed by atoms with van der Waals surface area (Å²) in [6.45, 7) is 2.08. The van der Waals surface area contributed by atoms with Crippen LogP contribution in [0.3, 0.4) is 0 Å². The number of fused-ring (bicyclic) bond motifs is 4. The maximum absolute atomic E-state index is 5.50. The third-order valence-corrected chi connectivity index (χ3v) is 5.25. The average Bonchev–Trinajstić information content (AvgIpc) is 2.94. The van der Waals surface area contributed by atoms with Crippen LogP contribution in [-0.4, -0.2) is 32.9 Å². The fraction of sp³-hybridized carbons (Fsp3) is 0.400. The van der Waals surface area contributed by atoms with Crippen molar-refractivity contribution in [2.75, 3.05) is 7.11 Å². The first-order chi connectivity index (χ1) is 10.3. The predicted octanol–water partition coefficient (Wildman–Crippen LogP) is 2.52. The van der Waals surface area contributed by atoms with E-state index in [1.807, 2.05) is 16.8 Å². The van der Waals surface area contributed by atoms with Crippen molar-refractivity contribution < 1.29 is 4.74 Å². The van der Waals surface area contributed by atoms with Gasteiger partial charge in [-0.3, -0.25) is 0 Å². The van der Waals surface area contributed by atoms with Crippen LogP contribution in [0.1, 0.15) is 30.3 Å². The molecule has 6 heteroatoms. The molecule has 0 bridgehead atoms. The molecule has 1 aliphatic heterocycles. The normalized spacial score (nSPS) is 19.3. The molecule has 1 aliphatic carbocycles. The van der Waals surface area contributed by atoms with Crippen molar-refractivity contribution in [1.82, 2.24) is 14.9 Å². The first kappa shape index (κ1) is 12.9. The molecule has 0 amide bonds. The molecule has 0 fully saturated rings. The van der Waals surface area contributed by atoms with Gasteiger partial charge in [0.25, 0.3) is 0 Å². The molecular weight excluding hydrogens is 284 g/mol. The van der Waals surface area contributed by atoms with Gasteiger partial charge in [0.2, 0.25) is 5.16 Å². The molecule has 5 nitrogen and oxygen atoms in total. The van der Waals surface area contributed by atoms with Crippen molar-refractivity contribution in [3.05, 3.63) is 35.2 Å². The van der Waals surface area contributed by atoms with Crippen molar-refractivity contribution >= 4 is 17.5 Å². The van der Waals surface area contributed by atoms with E-state index < -0.39 is 0 Å². The molecule has 0 radical (unpaired) electrons. The third-order valence-electron chi connectivity index (χ3n) is 4.04. The van der Waals surface area contributed by atoms with E-state index in [-0.39, 0.29) is 0 Å². The van der Waals surface area contributed by atoms with E-state index in [4.69, 9.17) is 9.84 Å². The van der Waals surface area contributed by atoms with Crippen LogP contribution in [0, 0.1) is 0 Å². The lowest BCUT2D eigenvalue weighted by molar-refractivity contribution is 0.408. The number of methoxy groups -OCH3 is 1. The van der Waals surface area contributed by atoms with Crippen LogP contribution >= 0.6 is 11.8 Å². The Bertz CT molecular complexity index is 737. The van der Waals surface area contributed by atoms with Gasteiger partial charge in [0.05, 0.1) is 18.1 Å². The van der Waals surface area contributed by atoms with Crippen LogP contribution in [0.25, 0.3) is 0 Å². The monoisotopic (exact) mass is 300 g/mol. The Hall–Kier alpha value is -1.82. The molecule has 4 rings (SSSR count). The number of hydrogen-bond donors (Lipinski definition) is 0. The minimum Gasteiger partial charge on any atom is -0.496 e. The van der Waals surface area contributed by atoms with Crippen LogP contribution in [-0.2, 0) is 12.8 Å². The Labute approximate surface area is 127 Å². The summed E-state index contributed by atoms with van der Waals surface area (Å²) in [5.41, 5.74) is 3.60. The van der Waals surface area contributed by atoms with Crippen molar-refractivity contribution in [1.29, 1.82) is 0 Å². The topological polar surface area (TPSA) is 52.3 Å². The lowest BCUT2D eigenvalue weighted by atomic mass is 9.89. The number of hydrogen-bond acceptors (Lipinski definition) is 5. The second-order valence-corrected chi connectivity index (χ2v) is 6.35. The second-order valence-electron chi connectivity index (χ2n) is 5.18. The lowest BCUT2D eigenvalue weighted by Gasteiger charge is -2.29. The van der Waals surface area contributed by atoms with Crippen molar-refractivity contribution in [3.8, 4) is 5.75 Å². The van der Waals surface area contributed by atoms with E-state index in [0.29, 0.717) is 5.25 Å². The summed E-state index contributed by atoms with van der Waals surface area (Å²) in [6, 6.07) is 6.21. The van der Waals surface area contributed by atoms with Crippen molar-refractivity contribution in [2.45, 2.75) is 36.6 Å². The van der Waals surface area contributed by atoms with E-state index in [0.717, 1.165) is 41.7 Å². The highest BCUT2D eigenvalue weighted by molar-refractivity contribution is 8.00. The molecular formula is C15H16N4OS. The fourth-order valence-corrected chi connectivity index (χ4v) is 4.11. The highest BCUT2D eigenvalue weighted by Crippen LogP contribution is 2.39. The molecule has 21 heavy (non-hydrogen) atoms. The minimum absolute atomic E-state index is 0.367. The summed E-state index contributed by atoms with van der Waals surface area (Å²) >= 11 is 1.77. The zero-order chi connectivity index (χ0) is 14.4. The number of aryl methyl sites for hydroxylation is 1. The van der Waals surface area contributed by atoms with Crippen LogP contribution in [0.4, 0.5) is 0 Å². The summed E-state index contributed by atoms with van der Waals surface area (Å²) in [7, 11) is 1.73. The van der Waals surface area contributed by atoms with Gasteiger partial charge in [-0.25, -0.2) is 0 Å². The van der Waals surface area contributed by atoms with Crippen molar-refractivity contribution in [2.24, 2.45) is 5.10 Å². The molecule has 0 saturated heterocycles. The summed E-state index contributed by atoms with van der Waals surface area (Å²) in [6.07, 6.45) is 2.91. The quantitative estimate of drug-likeness (QED) is 0.855. The summed E-state index contributed by atoms with van der Waals surface area (Å²) < 4.78 is 7.39. The first-order valence-electron chi connectivity index (χ1n) is 7.18. The molecule has 0 N–H and O–H groups in total. The van der Waals surface area contributed by atoms with E-state index >= 15 is 0 Å². The van der Waals surface area contributed by atoms with Gasteiger partial charge in [0.15, 0.2) is 5.82 Å². The van der Waals surface area contributed by atoms with E-state index in [9.17, 15) is 0 Å². The number of aromatic nitrogens is 3. The molecule has 1 atom stereocenters. The van der Waals surface area contributed by atoms with Gasteiger partial charge >= 0.3 is 0 Å². The van der Waals surface area contributed by atoms with Crippen molar-refractivity contribution in [3.63, 3.8) is 0 Å². The molecule has 2 aromatic rings. The third kappa shape index (κ3) is 1.89. The molecule has 108 valence electrons. The van der Waals surface area contributed by atoms with E-state index in [1.165, 1.54) is 11.1 Å². The maximum Gasteiger partial charge on any atom is 0.212 e. The number of ether oxygens (including phenoxy) is 1. The zero-order valence-corrected chi connectivity index (χ0v) is 12.9. The molecule has 0 saturated carbocycles. The Morgan fingerprint density at radius 3 is 3.10 bits per heavy atom. The highest BCUT2D eigenvalue weighted by atomic mass is 32.2. The highest BCUT2D eigenvalue weighted by Gasteiger charge is 2.33. The Morgan fingerprint density at radius 2 is 2.29 bits per heavy atom. The Balaban J connectivity index is 1.89. The van der Waals surface area contributed by atoms with Gasteiger partial charge in [-0.2, -0.15) is 9.78 Å². The molecule has 1 aromatic heterocycles. The molecule has 1 aromatic carbocycles. The van der Waals surface area contributed by atoms with Gasteiger partial charge in [0, 0.05) is 17.5 Å². The largest absolute Gasteiger partial charge is 0.496 e. The number of rotatable bonds is 2. The number of nitrogens with zero attached hydrogens (tertiary/aromatic N) is 4. The zero-order valence-electron chi connectivity index (χ0n) is 12.0. The average molecular weight is 300 g/mol. The van der Waals surface area contributed by atoms with Crippen LogP contribution in [0.2, 0.25) is 0 Å². The van der Waals surface area contributed by atoms with E-state index in [2.05, 4.69) is 23.2 Å². The van der Waals surface area contributed by atoms with Crippen LogP contribution in [0.15, 0.2) is 28.5 Å². The molecule has 1 unspecified atom stereocenters. The summed E-state index contributed by atoms with van der Waals surface area (Å²) in [5, 5.41) is 14.6. The standard InChI is InChI=1S/C15H16N4OS/c1-3-13-16-17-15-19(13)18-14-10-5-4-6-11(20-2)9(10)7-8-12(14)21-15/h4-6,12H,3,7-8H2,1-2H3. The fourth-order valence-electron chi connectivity index (χ4n) is 3.00. The van der Waals surface area contributed by atoms with Crippen LogP contribution in [0.5, 0.6) is 5.75 Å². The SMILES string of the molecule is CCc1nnc2n1N=C1c3cccc(OC)c3CCC1S2. The van der Waals surface area contributed by atoms with Gasteiger partial charge in [-0.1, -0.05) is 30.8 Å².